The van der Waals surface area contributed by atoms with Gasteiger partial charge in [-0.05, 0) is 61.2 Å². The van der Waals surface area contributed by atoms with Gasteiger partial charge >= 0.3 is 0 Å². The van der Waals surface area contributed by atoms with Crippen LogP contribution in [0.25, 0.3) is 0 Å². The lowest BCUT2D eigenvalue weighted by molar-refractivity contribution is 0.101. The largest absolute Gasteiger partial charge is 0.492 e. The van der Waals surface area contributed by atoms with Crippen molar-refractivity contribution in [2.45, 2.75) is 40.0 Å². The summed E-state index contributed by atoms with van der Waals surface area (Å²) >= 11 is 3.37. The maximum absolute atomic E-state index is 13.0. The highest BCUT2D eigenvalue weighted by atomic mass is 79.9. The number of hydrogen-bond acceptors (Lipinski definition) is 4. The van der Waals surface area contributed by atoms with Crippen LogP contribution in [0.15, 0.2) is 65.1 Å². The summed E-state index contributed by atoms with van der Waals surface area (Å²) in [5.41, 5.74) is 3.10. The van der Waals surface area contributed by atoms with Crippen molar-refractivity contribution in [3.05, 3.63) is 81.8 Å². The van der Waals surface area contributed by atoms with E-state index in [0.29, 0.717) is 47.2 Å². The molecule has 0 atom stereocenters. The van der Waals surface area contributed by atoms with Gasteiger partial charge in [0.05, 0.1) is 24.6 Å². The first kappa shape index (κ1) is 26.3. The van der Waals surface area contributed by atoms with Gasteiger partial charge in [-0.2, -0.15) is 0 Å². The molecule has 0 aliphatic rings. The van der Waals surface area contributed by atoms with Crippen LogP contribution in [-0.4, -0.2) is 25.0 Å². The Morgan fingerprint density at radius 1 is 0.743 bits per heavy atom. The van der Waals surface area contributed by atoms with Crippen LogP contribution < -0.4 is 20.1 Å². The number of hydrogen-bond donors (Lipinski definition) is 2. The highest BCUT2D eigenvalue weighted by Gasteiger charge is 2.19. The number of amides is 2. The second kappa shape index (κ2) is 11.4. The van der Waals surface area contributed by atoms with Crippen molar-refractivity contribution >= 4 is 39.1 Å². The monoisotopic (exact) mass is 538 g/mol. The number of rotatable bonds is 8. The predicted octanol–water partition coefficient (Wildman–Crippen LogP) is 7.05. The van der Waals surface area contributed by atoms with E-state index in [9.17, 15) is 9.59 Å². The number of anilines is 2. The molecule has 184 valence electrons. The van der Waals surface area contributed by atoms with Gasteiger partial charge in [0.2, 0.25) is 0 Å². The minimum absolute atomic E-state index is 0.0000454. The van der Waals surface area contributed by atoms with E-state index in [4.69, 9.17) is 9.47 Å². The molecule has 0 unspecified atom stereocenters. The fourth-order valence-electron chi connectivity index (χ4n) is 3.42. The molecule has 6 nitrogen and oxygen atoms in total. The quantitative estimate of drug-likeness (QED) is 0.322. The highest BCUT2D eigenvalue weighted by Crippen LogP contribution is 2.37. The summed E-state index contributed by atoms with van der Waals surface area (Å²) in [6.07, 6.45) is 0. The number of ether oxygens (including phenoxy) is 2. The minimum atomic E-state index is -0.281. The molecule has 0 bridgehead atoms. The van der Waals surface area contributed by atoms with E-state index in [1.807, 2.05) is 38.1 Å². The third-order valence-electron chi connectivity index (χ3n) is 5.30. The molecule has 3 rings (SSSR count). The zero-order chi connectivity index (χ0) is 25.6. The number of nitrogens with one attached hydrogen (secondary N) is 2. The van der Waals surface area contributed by atoms with Gasteiger partial charge in [0.1, 0.15) is 11.5 Å². The van der Waals surface area contributed by atoms with Crippen LogP contribution in [0.4, 0.5) is 11.4 Å². The first-order valence-electron chi connectivity index (χ1n) is 11.5. The number of carbonyl (C=O) groups excluding carboxylic acids is 2. The van der Waals surface area contributed by atoms with E-state index in [-0.39, 0.29) is 17.2 Å². The second-order valence-electron chi connectivity index (χ2n) is 8.95. The van der Waals surface area contributed by atoms with Crippen LogP contribution in [0.2, 0.25) is 0 Å². The van der Waals surface area contributed by atoms with Gasteiger partial charge in [0.15, 0.2) is 0 Å². The van der Waals surface area contributed by atoms with E-state index >= 15 is 0 Å². The molecule has 2 amide bonds. The maximum Gasteiger partial charge on any atom is 0.255 e. The third-order valence-corrected chi connectivity index (χ3v) is 5.83. The summed E-state index contributed by atoms with van der Waals surface area (Å²) in [6, 6.07) is 17.9. The molecule has 0 fully saturated rings. The van der Waals surface area contributed by atoms with Gasteiger partial charge in [-0.15, -0.1) is 0 Å². The van der Waals surface area contributed by atoms with Gasteiger partial charge in [-0.1, -0.05) is 48.8 Å². The Bertz CT molecular complexity index is 1180. The van der Waals surface area contributed by atoms with E-state index in [2.05, 4.69) is 47.3 Å². The Kier molecular flexibility index (Phi) is 8.57. The lowest BCUT2D eigenvalue weighted by Gasteiger charge is -2.19. The van der Waals surface area contributed by atoms with Crippen LogP contribution >= 0.6 is 15.9 Å². The smallest absolute Gasteiger partial charge is 0.255 e. The molecule has 3 aromatic carbocycles. The summed E-state index contributed by atoms with van der Waals surface area (Å²) in [5.74, 6) is 0.318. The Hall–Kier alpha value is -3.32. The average molecular weight is 539 g/mol. The highest BCUT2D eigenvalue weighted by molar-refractivity contribution is 9.10. The van der Waals surface area contributed by atoms with Gasteiger partial charge < -0.3 is 20.1 Å². The number of benzene rings is 3. The fourth-order valence-corrected chi connectivity index (χ4v) is 3.68. The topological polar surface area (TPSA) is 76.7 Å². The van der Waals surface area contributed by atoms with Gasteiger partial charge in [0.25, 0.3) is 11.8 Å². The van der Waals surface area contributed by atoms with Crippen LogP contribution in [0.5, 0.6) is 11.5 Å². The van der Waals surface area contributed by atoms with Crippen molar-refractivity contribution in [3.8, 4) is 11.5 Å². The Balaban J connectivity index is 1.89. The van der Waals surface area contributed by atoms with Crippen LogP contribution in [0.3, 0.4) is 0 Å². The van der Waals surface area contributed by atoms with Crippen molar-refractivity contribution in [1.29, 1.82) is 0 Å². The Labute approximate surface area is 215 Å². The van der Waals surface area contributed by atoms with Gasteiger partial charge in [0, 0.05) is 27.7 Å². The average Bonchev–Trinajstić information content (AvgIpc) is 2.81. The molecule has 3 aromatic rings. The van der Waals surface area contributed by atoms with Crippen LogP contribution in [0, 0.1) is 0 Å². The molecular formula is C28H31BrN2O4. The molecule has 0 aliphatic carbocycles. The SMILES string of the molecule is CCOc1cc(NC(=O)c2ccc(C(C)(C)C)cc2)c(OCC)cc1NC(=O)c1ccc(Br)cc1. The Morgan fingerprint density at radius 3 is 1.51 bits per heavy atom. The summed E-state index contributed by atoms with van der Waals surface area (Å²) in [4.78, 5) is 25.8. The lowest BCUT2D eigenvalue weighted by atomic mass is 9.87. The van der Waals surface area contributed by atoms with E-state index in [1.165, 1.54) is 0 Å². The van der Waals surface area contributed by atoms with Crippen LogP contribution in [-0.2, 0) is 5.41 Å². The second-order valence-corrected chi connectivity index (χ2v) is 9.87. The van der Waals surface area contributed by atoms with E-state index in [1.54, 1.807) is 36.4 Å². The van der Waals surface area contributed by atoms with E-state index < -0.39 is 0 Å². The summed E-state index contributed by atoms with van der Waals surface area (Å²) in [5, 5.41) is 5.82. The summed E-state index contributed by atoms with van der Waals surface area (Å²) < 4.78 is 12.4. The zero-order valence-corrected chi connectivity index (χ0v) is 22.3. The number of carbonyl (C=O) groups is 2. The van der Waals surface area contributed by atoms with Crippen molar-refractivity contribution in [1.82, 2.24) is 0 Å². The summed E-state index contributed by atoms with van der Waals surface area (Å²) in [6.45, 7) is 10.9. The molecule has 35 heavy (non-hydrogen) atoms. The molecule has 0 radical (unpaired) electrons. The zero-order valence-electron chi connectivity index (χ0n) is 20.7. The van der Waals surface area contributed by atoms with Crippen molar-refractivity contribution in [2.75, 3.05) is 23.8 Å². The molecular weight excluding hydrogens is 508 g/mol. The molecule has 0 aliphatic heterocycles. The molecule has 0 heterocycles. The minimum Gasteiger partial charge on any atom is -0.492 e. The summed E-state index contributed by atoms with van der Waals surface area (Å²) in [7, 11) is 0. The normalized spacial score (nSPS) is 11.0. The van der Waals surface area contributed by atoms with E-state index in [0.717, 1.165) is 10.0 Å². The Morgan fingerprint density at radius 2 is 1.14 bits per heavy atom. The maximum atomic E-state index is 13.0. The lowest BCUT2D eigenvalue weighted by Crippen LogP contribution is -2.16. The van der Waals surface area contributed by atoms with Crippen molar-refractivity contribution in [3.63, 3.8) is 0 Å². The molecule has 0 saturated carbocycles. The van der Waals surface area contributed by atoms with Gasteiger partial charge in [-0.3, -0.25) is 9.59 Å². The molecule has 2 N–H and O–H groups in total. The van der Waals surface area contributed by atoms with Gasteiger partial charge in [-0.25, -0.2) is 0 Å². The fraction of sp³-hybridized carbons (Fsp3) is 0.286. The first-order chi connectivity index (χ1) is 16.6. The molecule has 0 spiro atoms. The van der Waals surface area contributed by atoms with Crippen molar-refractivity contribution in [2.24, 2.45) is 0 Å². The first-order valence-corrected chi connectivity index (χ1v) is 12.3. The van der Waals surface area contributed by atoms with Crippen LogP contribution in [0.1, 0.15) is 60.9 Å². The number of halogens is 1. The third kappa shape index (κ3) is 6.85. The predicted molar refractivity (Wildman–Crippen MR) is 144 cm³/mol. The molecule has 0 saturated heterocycles. The van der Waals surface area contributed by atoms with Crippen molar-refractivity contribution < 1.29 is 19.1 Å². The molecule has 7 heteroatoms. The standard InChI is InChI=1S/C28H31BrN2O4/c1-6-34-24-17-23(31-27(33)19-10-14-21(29)15-11-19)25(35-7-2)16-22(24)30-26(32)18-8-12-20(13-9-18)28(3,4)5/h8-17H,6-7H2,1-5H3,(H,30,32)(H,31,33). The molecule has 0 aromatic heterocycles.